The number of carboxylic acid groups (broad SMARTS) is 1. The molecule has 5 nitrogen and oxygen atoms in total. The molecule has 0 saturated heterocycles. The van der Waals surface area contributed by atoms with Crippen molar-refractivity contribution in [3.8, 4) is 11.5 Å². The van der Waals surface area contributed by atoms with Gasteiger partial charge in [0, 0.05) is 6.04 Å². The van der Waals surface area contributed by atoms with E-state index in [4.69, 9.17) is 9.47 Å². The van der Waals surface area contributed by atoms with E-state index in [1.54, 1.807) is 42.5 Å². The molecule has 1 unspecified atom stereocenters. The van der Waals surface area contributed by atoms with E-state index in [0.717, 1.165) is 17.7 Å². The van der Waals surface area contributed by atoms with E-state index < -0.39 is 29.8 Å². The highest BCUT2D eigenvalue weighted by Crippen LogP contribution is 2.33. The fourth-order valence-corrected chi connectivity index (χ4v) is 3.74. The van der Waals surface area contributed by atoms with Crippen LogP contribution in [0.2, 0.25) is 0 Å². The maximum Gasteiger partial charge on any atom is 0.416 e. The highest BCUT2D eigenvalue weighted by atomic mass is 19.4. The molecular weight excluding hydrogens is 447 g/mol. The number of benzene rings is 3. The van der Waals surface area contributed by atoms with Gasteiger partial charge in [0.1, 0.15) is 6.04 Å². The molecule has 0 saturated carbocycles. The van der Waals surface area contributed by atoms with Crippen molar-refractivity contribution in [2.75, 3.05) is 14.2 Å². The normalized spacial score (nSPS) is 13.2. The number of hydrogen-bond acceptors (Lipinski definition) is 4. The number of aliphatic carboxylic acids is 1. The van der Waals surface area contributed by atoms with Crippen LogP contribution in [0.15, 0.2) is 72.8 Å². The van der Waals surface area contributed by atoms with Gasteiger partial charge in [-0.3, -0.25) is 10.1 Å². The van der Waals surface area contributed by atoms with E-state index >= 15 is 0 Å². The molecule has 0 fully saturated rings. The summed E-state index contributed by atoms with van der Waals surface area (Å²) in [5, 5.41) is 13.1. The zero-order valence-electron chi connectivity index (χ0n) is 18.8. The van der Waals surface area contributed by atoms with Crippen LogP contribution in [0.1, 0.15) is 40.8 Å². The lowest BCUT2D eigenvalue weighted by atomic mass is 9.96. The van der Waals surface area contributed by atoms with Gasteiger partial charge in [0.05, 0.1) is 19.8 Å². The van der Waals surface area contributed by atoms with Gasteiger partial charge in [-0.15, -0.1) is 0 Å². The van der Waals surface area contributed by atoms with E-state index in [1.807, 2.05) is 6.07 Å². The summed E-state index contributed by atoms with van der Waals surface area (Å²) in [5.74, 6) is -0.00953. The molecule has 3 aromatic carbocycles. The fraction of sp³-hybridized carbons (Fsp3) is 0.269. The summed E-state index contributed by atoms with van der Waals surface area (Å²) in [6.45, 7) is 0. The van der Waals surface area contributed by atoms with Crippen molar-refractivity contribution < 1.29 is 32.5 Å². The van der Waals surface area contributed by atoms with Crippen LogP contribution in [-0.4, -0.2) is 25.3 Å². The molecule has 0 bridgehead atoms. The molecule has 3 rings (SSSR count). The lowest BCUT2D eigenvalue weighted by Crippen LogP contribution is -2.32. The second-order valence-electron chi connectivity index (χ2n) is 7.75. The van der Waals surface area contributed by atoms with Gasteiger partial charge in [-0.2, -0.15) is 13.2 Å². The maximum absolute atomic E-state index is 12.9. The average Bonchev–Trinajstić information content (AvgIpc) is 2.83. The number of aryl methyl sites for hydroxylation is 1. The first kappa shape index (κ1) is 25.1. The Hall–Kier alpha value is -3.52. The standard InChI is InChI=1S/C26H26F3NO4/c1-33-22-15-11-19(16-23(22)34-2)21(30-24(25(31)32)18-6-4-3-5-7-18)14-10-17-8-12-20(13-9-17)26(27,28)29/h3-9,11-13,15-16,21,24,30H,10,14H2,1-2H3,(H,31,32)/t21?,24-/m0/s1. The van der Waals surface area contributed by atoms with E-state index in [2.05, 4.69) is 5.32 Å². The Morgan fingerprint density at radius 3 is 2.12 bits per heavy atom. The predicted octanol–water partition coefficient (Wildman–Crippen LogP) is 5.81. The van der Waals surface area contributed by atoms with Crippen LogP contribution in [0.5, 0.6) is 11.5 Å². The van der Waals surface area contributed by atoms with Crippen LogP contribution < -0.4 is 14.8 Å². The lowest BCUT2D eigenvalue weighted by molar-refractivity contribution is -0.140. The van der Waals surface area contributed by atoms with Gasteiger partial charge in [0.15, 0.2) is 11.5 Å². The third kappa shape index (κ3) is 6.29. The van der Waals surface area contributed by atoms with E-state index in [0.29, 0.717) is 35.5 Å². The number of nitrogens with one attached hydrogen (secondary N) is 1. The largest absolute Gasteiger partial charge is 0.493 e. The van der Waals surface area contributed by atoms with Gasteiger partial charge in [-0.1, -0.05) is 48.5 Å². The summed E-state index contributed by atoms with van der Waals surface area (Å²) >= 11 is 0. The number of hydrogen-bond donors (Lipinski definition) is 2. The molecule has 2 N–H and O–H groups in total. The van der Waals surface area contributed by atoms with Crippen LogP contribution in [-0.2, 0) is 17.4 Å². The summed E-state index contributed by atoms with van der Waals surface area (Å²) in [5.41, 5.74) is 1.37. The monoisotopic (exact) mass is 473 g/mol. The molecule has 0 spiro atoms. The molecular formula is C26H26F3NO4. The van der Waals surface area contributed by atoms with Crippen molar-refractivity contribution in [3.63, 3.8) is 0 Å². The van der Waals surface area contributed by atoms with Crippen molar-refractivity contribution in [1.82, 2.24) is 5.32 Å². The summed E-state index contributed by atoms with van der Waals surface area (Å²) in [6, 6.07) is 17.7. The quantitative estimate of drug-likeness (QED) is 0.389. The molecule has 180 valence electrons. The number of alkyl halides is 3. The van der Waals surface area contributed by atoms with Gasteiger partial charge in [-0.05, 0) is 53.8 Å². The van der Waals surface area contributed by atoms with E-state index in [1.165, 1.54) is 26.4 Å². The summed E-state index contributed by atoms with van der Waals surface area (Å²) in [6.07, 6.45) is -3.52. The second-order valence-corrected chi connectivity index (χ2v) is 7.75. The molecule has 8 heteroatoms. The van der Waals surface area contributed by atoms with Crippen molar-refractivity contribution in [1.29, 1.82) is 0 Å². The molecule has 34 heavy (non-hydrogen) atoms. The molecule has 0 aliphatic rings. The van der Waals surface area contributed by atoms with Gasteiger partial charge in [-0.25, -0.2) is 0 Å². The number of halogens is 3. The Kier molecular flexibility index (Phi) is 8.17. The SMILES string of the molecule is COc1ccc(C(CCc2ccc(C(F)(F)F)cc2)N[C@H](C(=O)O)c2ccccc2)cc1OC. The Bertz CT molecular complexity index is 1090. The van der Waals surface area contributed by atoms with Crippen LogP contribution in [0.4, 0.5) is 13.2 Å². The van der Waals surface area contributed by atoms with E-state index in [-0.39, 0.29) is 0 Å². The third-order valence-electron chi connectivity index (χ3n) is 5.56. The Morgan fingerprint density at radius 2 is 1.56 bits per heavy atom. The first-order chi connectivity index (χ1) is 16.2. The van der Waals surface area contributed by atoms with Crippen molar-refractivity contribution in [2.45, 2.75) is 31.1 Å². The number of carbonyl (C=O) groups is 1. The first-order valence-corrected chi connectivity index (χ1v) is 10.6. The average molecular weight is 473 g/mol. The number of methoxy groups -OCH3 is 2. The number of rotatable bonds is 10. The Morgan fingerprint density at radius 1 is 0.912 bits per heavy atom. The lowest BCUT2D eigenvalue weighted by Gasteiger charge is -2.25. The molecule has 0 amide bonds. The van der Waals surface area contributed by atoms with Crippen molar-refractivity contribution in [2.24, 2.45) is 0 Å². The van der Waals surface area contributed by atoms with Crippen LogP contribution in [0.25, 0.3) is 0 Å². The minimum absolute atomic E-state index is 0.427. The third-order valence-corrected chi connectivity index (χ3v) is 5.56. The highest BCUT2D eigenvalue weighted by Gasteiger charge is 2.30. The Balaban J connectivity index is 1.89. The number of carboxylic acids is 1. The van der Waals surface area contributed by atoms with Gasteiger partial charge in [0.2, 0.25) is 0 Å². The van der Waals surface area contributed by atoms with Gasteiger partial charge < -0.3 is 14.6 Å². The zero-order chi connectivity index (χ0) is 24.7. The molecule has 3 aromatic rings. The molecule has 0 aliphatic carbocycles. The van der Waals surface area contributed by atoms with Gasteiger partial charge >= 0.3 is 12.1 Å². The summed E-state index contributed by atoms with van der Waals surface area (Å²) in [4.78, 5) is 12.1. The molecule has 2 atom stereocenters. The summed E-state index contributed by atoms with van der Waals surface area (Å²) < 4.78 is 49.3. The highest BCUT2D eigenvalue weighted by molar-refractivity contribution is 5.75. The maximum atomic E-state index is 12.9. The van der Waals surface area contributed by atoms with Gasteiger partial charge in [0.25, 0.3) is 0 Å². The second kappa shape index (κ2) is 11.1. The van der Waals surface area contributed by atoms with Crippen LogP contribution >= 0.6 is 0 Å². The van der Waals surface area contributed by atoms with Crippen LogP contribution in [0.3, 0.4) is 0 Å². The zero-order valence-corrected chi connectivity index (χ0v) is 18.8. The summed E-state index contributed by atoms with van der Waals surface area (Å²) in [7, 11) is 3.03. The van der Waals surface area contributed by atoms with Crippen LogP contribution in [0, 0.1) is 0 Å². The number of ether oxygens (including phenoxy) is 2. The predicted molar refractivity (Wildman–Crippen MR) is 122 cm³/mol. The first-order valence-electron chi connectivity index (χ1n) is 10.6. The molecule has 0 aliphatic heterocycles. The fourth-order valence-electron chi connectivity index (χ4n) is 3.74. The molecule has 0 aromatic heterocycles. The molecule has 0 radical (unpaired) electrons. The topological polar surface area (TPSA) is 67.8 Å². The smallest absolute Gasteiger partial charge is 0.416 e. The minimum atomic E-state index is -4.40. The minimum Gasteiger partial charge on any atom is -0.493 e. The van der Waals surface area contributed by atoms with E-state index in [9.17, 15) is 23.1 Å². The Labute approximate surface area is 196 Å². The van der Waals surface area contributed by atoms with Crippen molar-refractivity contribution in [3.05, 3.63) is 95.1 Å². The molecule has 0 heterocycles. The van der Waals surface area contributed by atoms with Crippen molar-refractivity contribution >= 4 is 5.97 Å².